The largest absolute Gasteiger partial charge is 0.394 e. The molecule has 0 radical (unpaired) electrons. The molecule has 1 aromatic carbocycles. The Balaban J connectivity index is 0. The van der Waals surface area contributed by atoms with Crippen molar-refractivity contribution in [2.24, 2.45) is 0 Å². The SMILES string of the molecule is C1CCOCC1.CC.CCC.CCN(C)Cc1ccc(C(=O)NC(CO)c2ccc(S(=O)(=O)CC)cc2)cn1.FC(F)F. The molecular formula is C31H52F3N3O5S. The average molecular weight is 636 g/mol. The van der Waals surface area contributed by atoms with Crippen molar-refractivity contribution in [2.45, 2.75) is 91.4 Å². The van der Waals surface area contributed by atoms with Crippen molar-refractivity contribution in [3.63, 3.8) is 0 Å². The van der Waals surface area contributed by atoms with Crippen LogP contribution in [0.1, 0.15) is 94.9 Å². The minimum atomic E-state index is -3.67. The molecule has 2 N–H and O–H groups in total. The number of aliphatic hydroxyl groups is 1. The van der Waals surface area contributed by atoms with Crippen LogP contribution in [-0.4, -0.2) is 75.2 Å². The molecule has 0 aliphatic carbocycles. The highest BCUT2D eigenvalue weighted by Gasteiger charge is 2.17. The predicted molar refractivity (Wildman–Crippen MR) is 167 cm³/mol. The van der Waals surface area contributed by atoms with Gasteiger partial charge in [0, 0.05) is 26.0 Å². The van der Waals surface area contributed by atoms with Crippen molar-refractivity contribution < 1.29 is 36.2 Å². The van der Waals surface area contributed by atoms with Crippen LogP contribution < -0.4 is 5.32 Å². The van der Waals surface area contributed by atoms with Gasteiger partial charge in [-0.1, -0.05) is 60.1 Å². The van der Waals surface area contributed by atoms with Gasteiger partial charge in [0.05, 0.1) is 34.6 Å². The van der Waals surface area contributed by atoms with Crippen molar-refractivity contribution in [2.75, 3.05) is 39.2 Å². The van der Waals surface area contributed by atoms with Crippen LogP contribution in [0.15, 0.2) is 47.5 Å². The lowest BCUT2D eigenvalue weighted by Gasteiger charge is -2.17. The standard InChI is InChI=1S/C20H27N3O4S.C5H10O.C3H8.C2H6.CHF3/c1-4-23(3)13-17-9-6-16(12-21-17)20(25)22-19(14-24)15-7-10-18(11-8-15)28(26,27)5-2;1-2-4-6-5-3-1;1-3-2;1-2;2-1(3)4/h6-12,19,24H,4-5,13-14H2,1-3H3,(H,22,25);1-5H2;3H2,1-2H3;1-2H3;1H. The van der Waals surface area contributed by atoms with E-state index in [0.717, 1.165) is 25.5 Å². The Kier molecular flexibility index (Phi) is 25.7. The normalized spacial score (nSPS) is 13.0. The van der Waals surface area contributed by atoms with Gasteiger partial charge >= 0.3 is 6.68 Å². The number of hydrogen-bond acceptors (Lipinski definition) is 7. The molecule has 1 unspecified atom stereocenters. The molecule has 0 bridgehead atoms. The number of aromatic nitrogens is 1. The molecule has 43 heavy (non-hydrogen) atoms. The minimum absolute atomic E-state index is 0.0174. The third kappa shape index (κ3) is 20.1. The maximum atomic E-state index is 12.5. The number of pyridine rings is 1. The fraction of sp³-hybridized carbons (Fsp3) is 0.613. The lowest BCUT2D eigenvalue weighted by atomic mass is 10.1. The number of carbonyl (C=O) groups excluding carboxylic acids is 1. The molecular weight excluding hydrogens is 583 g/mol. The van der Waals surface area contributed by atoms with Gasteiger partial charge in [-0.25, -0.2) is 8.42 Å². The third-order valence-corrected chi connectivity index (χ3v) is 7.40. The van der Waals surface area contributed by atoms with Crippen molar-refractivity contribution in [3.05, 3.63) is 59.4 Å². The van der Waals surface area contributed by atoms with Gasteiger partial charge in [0.15, 0.2) is 9.84 Å². The quantitative estimate of drug-likeness (QED) is 0.320. The van der Waals surface area contributed by atoms with Gasteiger partial charge in [0.2, 0.25) is 0 Å². The number of benzene rings is 1. The van der Waals surface area contributed by atoms with E-state index >= 15 is 0 Å². The lowest BCUT2D eigenvalue weighted by molar-refractivity contribution is 0.00818. The van der Waals surface area contributed by atoms with Crippen molar-refractivity contribution in [1.82, 2.24) is 15.2 Å². The van der Waals surface area contributed by atoms with Gasteiger partial charge in [-0.05, 0) is 62.7 Å². The van der Waals surface area contributed by atoms with Crippen molar-refractivity contribution in [1.29, 1.82) is 0 Å². The molecule has 1 saturated heterocycles. The zero-order valence-electron chi connectivity index (χ0n) is 26.8. The molecule has 0 spiro atoms. The molecule has 1 aliphatic heterocycles. The van der Waals surface area contributed by atoms with E-state index in [1.165, 1.54) is 44.0 Å². The smallest absolute Gasteiger partial charge is 0.379 e. The van der Waals surface area contributed by atoms with Crippen LogP contribution in [-0.2, 0) is 21.1 Å². The first kappa shape index (κ1) is 42.6. The summed E-state index contributed by atoms with van der Waals surface area (Å²) in [5.41, 5.74) is 1.89. The minimum Gasteiger partial charge on any atom is -0.394 e. The summed E-state index contributed by atoms with van der Waals surface area (Å²) in [6.45, 7) is 11.5. The summed E-state index contributed by atoms with van der Waals surface area (Å²) in [7, 11) is -1.30. The second kappa shape index (κ2) is 25.9. The second-order valence-corrected chi connectivity index (χ2v) is 11.5. The van der Waals surface area contributed by atoms with Crippen LogP contribution in [0.3, 0.4) is 0 Å². The Morgan fingerprint density at radius 3 is 1.88 bits per heavy atom. The van der Waals surface area contributed by atoms with Gasteiger partial charge in [0.25, 0.3) is 5.91 Å². The van der Waals surface area contributed by atoms with Crippen LogP contribution >= 0.6 is 0 Å². The monoisotopic (exact) mass is 635 g/mol. The van der Waals surface area contributed by atoms with E-state index in [2.05, 4.69) is 36.0 Å². The zero-order chi connectivity index (χ0) is 33.3. The molecule has 1 aliphatic rings. The van der Waals surface area contributed by atoms with E-state index in [1.807, 2.05) is 20.9 Å². The maximum Gasteiger partial charge on any atom is 0.379 e. The average Bonchev–Trinajstić information content (AvgIpc) is 3.02. The highest BCUT2D eigenvalue weighted by Crippen LogP contribution is 2.18. The van der Waals surface area contributed by atoms with Gasteiger partial charge in [0.1, 0.15) is 0 Å². The van der Waals surface area contributed by atoms with E-state index in [4.69, 9.17) is 4.74 Å². The molecule has 8 nitrogen and oxygen atoms in total. The van der Waals surface area contributed by atoms with Crippen LogP contribution in [0.25, 0.3) is 0 Å². The van der Waals surface area contributed by atoms with Gasteiger partial charge in [-0.2, -0.15) is 13.2 Å². The first-order valence-corrected chi connectivity index (χ1v) is 16.5. The Labute approximate surface area is 257 Å². The number of nitrogens with zero attached hydrogens (tertiary/aromatic N) is 2. The van der Waals surface area contributed by atoms with Crippen LogP contribution in [0.5, 0.6) is 0 Å². The Morgan fingerprint density at radius 2 is 1.53 bits per heavy atom. The summed E-state index contributed by atoms with van der Waals surface area (Å²) in [6.07, 6.45) is 6.69. The van der Waals surface area contributed by atoms with Crippen LogP contribution in [0.4, 0.5) is 13.2 Å². The summed E-state index contributed by atoms with van der Waals surface area (Å²) < 4.78 is 57.9. The molecule has 2 heterocycles. The summed E-state index contributed by atoms with van der Waals surface area (Å²) in [5.74, 6) is -0.337. The molecule has 1 amide bonds. The van der Waals surface area contributed by atoms with E-state index < -0.39 is 22.6 Å². The third-order valence-electron chi connectivity index (χ3n) is 5.65. The van der Waals surface area contributed by atoms with Crippen LogP contribution in [0.2, 0.25) is 0 Å². The molecule has 2 aromatic rings. The molecule has 1 aromatic heterocycles. The fourth-order valence-electron chi connectivity index (χ4n) is 3.28. The van der Waals surface area contributed by atoms with Crippen molar-refractivity contribution in [3.8, 4) is 0 Å². The molecule has 248 valence electrons. The maximum absolute atomic E-state index is 12.5. The molecule has 0 saturated carbocycles. The van der Waals surface area contributed by atoms with Crippen molar-refractivity contribution >= 4 is 15.7 Å². The summed E-state index contributed by atoms with van der Waals surface area (Å²) in [6, 6.07) is 9.05. The number of hydrogen-bond donors (Lipinski definition) is 2. The van der Waals surface area contributed by atoms with E-state index in [1.54, 1.807) is 31.2 Å². The molecule has 3 rings (SSSR count). The highest BCUT2D eigenvalue weighted by molar-refractivity contribution is 7.91. The molecule has 1 atom stereocenters. The number of ether oxygens (including phenoxy) is 1. The lowest BCUT2D eigenvalue weighted by Crippen LogP contribution is -2.31. The number of carbonyl (C=O) groups is 1. The molecule has 12 heteroatoms. The van der Waals surface area contributed by atoms with Gasteiger partial charge < -0.3 is 20.1 Å². The fourth-order valence-corrected chi connectivity index (χ4v) is 4.16. The van der Waals surface area contributed by atoms with E-state index in [0.29, 0.717) is 17.7 Å². The summed E-state index contributed by atoms with van der Waals surface area (Å²) >= 11 is 0. The van der Waals surface area contributed by atoms with E-state index in [-0.39, 0.29) is 23.2 Å². The number of sulfone groups is 1. The summed E-state index contributed by atoms with van der Waals surface area (Å²) in [5, 5.41) is 12.4. The number of rotatable bonds is 9. The van der Waals surface area contributed by atoms with E-state index in [9.17, 15) is 31.5 Å². The summed E-state index contributed by atoms with van der Waals surface area (Å²) in [4.78, 5) is 19.1. The predicted octanol–water partition coefficient (Wildman–Crippen LogP) is 6.60. The zero-order valence-corrected chi connectivity index (χ0v) is 27.6. The van der Waals surface area contributed by atoms with Gasteiger partial charge in [-0.3, -0.25) is 9.78 Å². The molecule has 1 fully saturated rings. The van der Waals surface area contributed by atoms with Crippen LogP contribution in [0, 0.1) is 0 Å². The number of nitrogens with one attached hydrogen (secondary N) is 1. The number of amides is 1. The topological polar surface area (TPSA) is 109 Å². The van der Waals surface area contributed by atoms with Gasteiger partial charge in [-0.15, -0.1) is 0 Å². The number of aliphatic hydroxyl groups excluding tert-OH is 1. The first-order chi connectivity index (χ1) is 20.4. The Bertz CT molecular complexity index is 1040. The number of halogens is 3. The Morgan fingerprint density at radius 1 is 1.00 bits per heavy atom. The second-order valence-electron chi connectivity index (χ2n) is 9.18. The number of alkyl halides is 3. The first-order valence-electron chi connectivity index (χ1n) is 14.8. The highest BCUT2D eigenvalue weighted by atomic mass is 32.2. The Hall–Kier alpha value is -2.54.